The molecule has 1 saturated carbocycles. The minimum Gasteiger partial charge on any atom is -0.375 e. The standard InChI is InChI=1S/C16H31NO/c1-5-17-14(15(2,3)4)13-8-11-18-16(12-13)9-6-7-10-16/h13-14,17H,5-12H2,1-4H3. The molecule has 1 spiro atoms. The number of ether oxygens (including phenoxy) is 1. The Morgan fingerprint density at radius 2 is 1.94 bits per heavy atom. The van der Waals surface area contributed by atoms with E-state index in [1.54, 1.807) is 0 Å². The second-order valence-electron chi connectivity index (χ2n) is 7.39. The molecule has 106 valence electrons. The van der Waals surface area contributed by atoms with E-state index in [-0.39, 0.29) is 5.60 Å². The molecule has 1 heterocycles. The summed E-state index contributed by atoms with van der Waals surface area (Å²) in [5.74, 6) is 0.789. The molecule has 2 aliphatic rings. The van der Waals surface area contributed by atoms with Crippen molar-refractivity contribution in [1.29, 1.82) is 0 Å². The summed E-state index contributed by atoms with van der Waals surface area (Å²) in [6.45, 7) is 11.4. The summed E-state index contributed by atoms with van der Waals surface area (Å²) < 4.78 is 6.17. The number of nitrogens with one attached hydrogen (secondary N) is 1. The summed E-state index contributed by atoms with van der Waals surface area (Å²) in [5.41, 5.74) is 0.597. The van der Waals surface area contributed by atoms with Gasteiger partial charge < -0.3 is 10.1 Å². The van der Waals surface area contributed by atoms with Crippen molar-refractivity contribution in [1.82, 2.24) is 5.32 Å². The van der Waals surface area contributed by atoms with Gasteiger partial charge in [-0.2, -0.15) is 0 Å². The van der Waals surface area contributed by atoms with Crippen molar-refractivity contribution in [3.63, 3.8) is 0 Å². The van der Waals surface area contributed by atoms with Gasteiger partial charge in [0.05, 0.1) is 5.60 Å². The fourth-order valence-corrected chi connectivity index (χ4v) is 4.12. The van der Waals surface area contributed by atoms with Gasteiger partial charge in [-0.05, 0) is 43.6 Å². The molecule has 0 amide bonds. The van der Waals surface area contributed by atoms with Crippen LogP contribution in [0.5, 0.6) is 0 Å². The molecule has 1 N–H and O–H groups in total. The maximum Gasteiger partial charge on any atom is 0.0685 e. The van der Waals surface area contributed by atoms with Gasteiger partial charge in [0.2, 0.25) is 0 Å². The topological polar surface area (TPSA) is 21.3 Å². The second kappa shape index (κ2) is 5.50. The van der Waals surface area contributed by atoms with Crippen LogP contribution in [-0.2, 0) is 4.74 Å². The van der Waals surface area contributed by atoms with E-state index in [1.807, 2.05) is 0 Å². The average Bonchev–Trinajstić information content (AvgIpc) is 2.72. The van der Waals surface area contributed by atoms with Crippen LogP contribution in [0.2, 0.25) is 0 Å². The predicted molar refractivity (Wildman–Crippen MR) is 76.8 cm³/mol. The van der Waals surface area contributed by atoms with E-state index in [0.717, 1.165) is 19.1 Å². The zero-order valence-corrected chi connectivity index (χ0v) is 12.7. The average molecular weight is 253 g/mol. The smallest absolute Gasteiger partial charge is 0.0685 e. The lowest BCUT2D eigenvalue weighted by atomic mass is 9.72. The Morgan fingerprint density at radius 1 is 1.28 bits per heavy atom. The Balaban J connectivity index is 2.06. The molecule has 2 fully saturated rings. The first-order chi connectivity index (χ1) is 8.47. The Kier molecular flexibility index (Phi) is 4.38. The fourth-order valence-electron chi connectivity index (χ4n) is 4.12. The van der Waals surface area contributed by atoms with Crippen LogP contribution in [0.3, 0.4) is 0 Å². The normalized spacial score (nSPS) is 29.7. The summed E-state index contributed by atoms with van der Waals surface area (Å²) in [6, 6.07) is 0.629. The summed E-state index contributed by atoms with van der Waals surface area (Å²) in [6.07, 6.45) is 7.85. The fraction of sp³-hybridized carbons (Fsp3) is 1.00. The van der Waals surface area contributed by atoms with E-state index in [4.69, 9.17) is 4.74 Å². The zero-order chi connectivity index (χ0) is 13.2. The van der Waals surface area contributed by atoms with Crippen LogP contribution in [-0.4, -0.2) is 24.8 Å². The molecule has 2 atom stereocenters. The van der Waals surface area contributed by atoms with Crippen LogP contribution < -0.4 is 5.32 Å². The van der Waals surface area contributed by atoms with E-state index < -0.39 is 0 Å². The van der Waals surface area contributed by atoms with Gasteiger partial charge in [0.1, 0.15) is 0 Å². The molecule has 0 aromatic carbocycles. The van der Waals surface area contributed by atoms with Crippen molar-refractivity contribution in [3.05, 3.63) is 0 Å². The third-order valence-electron chi connectivity index (χ3n) is 4.87. The lowest BCUT2D eigenvalue weighted by molar-refractivity contribution is -0.103. The third-order valence-corrected chi connectivity index (χ3v) is 4.87. The maximum atomic E-state index is 6.17. The Hall–Kier alpha value is -0.0800. The summed E-state index contributed by atoms with van der Waals surface area (Å²) in [5, 5.41) is 3.74. The van der Waals surface area contributed by atoms with Gasteiger partial charge >= 0.3 is 0 Å². The molecule has 1 aliphatic carbocycles. The molecule has 18 heavy (non-hydrogen) atoms. The Morgan fingerprint density at radius 3 is 2.50 bits per heavy atom. The van der Waals surface area contributed by atoms with Crippen LogP contribution in [0.4, 0.5) is 0 Å². The van der Waals surface area contributed by atoms with Gasteiger partial charge in [0.15, 0.2) is 0 Å². The van der Waals surface area contributed by atoms with E-state index in [9.17, 15) is 0 Å². The monoisotopic (exact) mass is 253 g/mol. The van der Waals surface area contributed by atoms with Crippen molar-refractivity contribution in [2.24, 2.45) is 11.3 Å². The summed E-state index contributed by atoms with van der Waals surface area (Å²) >= 11 is 0. The Bertz CT molecular complexity index is 263. The largest absolute Gasteiger partial charge is 0.375 e. The molecule has 0 bridgehead atoms. The van der Waals surface area contributed by atoms with Crippen LogP contribution in [0, 0.1) is 11.3 Å². The van der Waals surface area contributed by atoms with Crippen molar-refractivity contribution in [2.45, 2.75) is 77.9 Å². The second-order valence-corrected chi connectivity index (χ2v) is 7.39. The molecular weight excluding hydrogens is 222 g/mol. The van der Waals surface area contributed by atoms with Crippen molar-refractivity contribution in [3.8, 4) is 0 Å². The van der Waals surface area contributed by atoms with Gasteiger partial charge in [-0.1, -0.05) is 40.5 Å². The SMILES string of the molecule is CCNC(C1CCOC2(CCCC2)C1)C(C)(C)C. The van der Waals surface area contributed by atoms with E-state index in [2.05, 4.69) is 33.0 Å². The van der Waals surface area contributed by atoms with Crippen molar-refractivity contribution in [2.75, 3.05) is 13.2 Å². The molecule has 2 unspecified atom stereocenters. The highest BCUT2D eigenvalue weighted by Crippen LogP contribution is 2.44. The van der Waals surface area contributed by atoms with Crippen LogP contribution in [0.15, 0.2) is 0 Å². The molecule has 1 saturated heterocycles. The van der Waals surface area contributed by atoms with Crippen LogP contribution in [0.25, 0.3) is 0 Å². The molecule has 0 aromatic rings. The van der Waals surface area contributed by atoms with Gasteiger partial charge in [-0.15, -0.1) is 0 Å². The highest BCUT2D eigenvalue weighted by Gasteiger charge is 2.43. The summed E-state index contributed by atoms with van der Waals surface area (Å²) in [7, 11) is 0. The highest BCUT2D eigenvalue weighted by atomic mass is 16.5. The first kappa shape index (κ1) is 14.3. The lowest BCUT2D eigenvalue weighted by Gasteiger charge is -2.45. The van der Waals surface area contributed by atoms with Gasteiger partial charge in [-0.3, -0.25) is 0 Å². The molecule has 0 radical (unpaired) electrons. The van der Waals surface area contributed by atoms with Gasteiger partial charge in [0.25, 0.3) is 0 Å². The third kappa shape index (κ3) is 3.08. The highest BCUT2D eigenvalue weighted by molar-refractivity contribution is 4.97. The van der Waals surface area contributed by atoms with Gasteiger partial charge in [-0.25, -0.2) is 0 Å². The minimum atomic E-state index is 0.252. The first-order valence-corrected chi connectivity index (χ1v) is 7.84. The van der Waals surface area contributed by atoms with E-state index in [0.29, 0.717) is 11.5 Å². The van der Waals surface area contributed by atoms with E-state index >= 15 is 0 Å². The van der Waals surface area contributed by atoms with Crippen molar-refractivity contribution < 1.29 is 4.74 Å². The zero-order valence-electron chi connectivity index (χ0n) is 12.7. The molecule has 1 aliphatic heterocycles. The molecule has 2 rings (SSSR count). The Labute approximate surface area is 113 Å². The predicted octanol–water partition coefficient (Wildman–Crippen LogP) is 3.75. The van der Waals surface area contributed by atoms with Crippen LogP contribution >= 0.6 is 0 Å². The van der Waals surface area contributed by atoms with Crippen molar-refractivity contribution >= 4 is 0 Å². The first-order valence-electron chi connectivity index (χ1n) is 7.84. The van der Waals surface area contributed by atoms with Gasteiger partial charge in [0, 0.05) is 12.6 Å². The quantitative estimate of drug-likeness (QED) is 0.827. The lowest BCUT2D eigenvalue weighted by Crippen LogP contribution is -2.51. The molecule has 2 heteroatoms. The summed E-state index contributed by atoms with van der Waals surface area (Å²) in [4.78, 5) is 0. The molecule has 2 nitrogen and oxygen atoms in total. The van der Waals surface area contributed by atoms with Crippen LogP contribution in [0.1, 0.15) is 66.2 Å². The van der Waals surface area contributed by atoms with E-state index in [1.165, 1.54) is 38.5 Å². The molecule has 0 aromatic heterocycles. The number of hydrogen-bond donors (Lipinski definition) is 1. The number of hydrogen-bond acceptors (Lipinski definition) is 2. The maximum absolute atomic E-state index is 6.17. The number of rotatable bonds is 3. The minimum absolute atomic E-state index is 0.252. The molecular formula is C16H31NO.